The Balaban J connectivity index is 2.19. The van der Waals surface area contributed by atoms with Crippen LogP contribution in [0.2, 0.25) is 0 Å². The maximum absolute atomic E-state index is 11.8. The molecular weight excluding hydrogens is 254 g/mol. The van der Waals surface area contributed by atoms with Crippen LogP contribution in [0, 0.1) is 0 Å². The van der Waals surface area contributed by atoms with Gasteiger partial charge in [0.1, 0.15) is 5.56 Å². The summed E-state index contributed by atoms with van der Waals surface area (Å²) in [5, 5.41) is 9.67. The Hall–Kier alpha value is -1.71. The molecule has 0 aliphatic heterocycles. The van der Waals surface area contributed by atoms with Crippen molar-refractivity contribution in [3.05, 3.63) is 23.8 Å². The number of carbonyl (C=O) groups is 1. The van der Waals surface area contributed by atoms with Crippen molar-refractivity contribution in [3.63, 3.8) is 0 Å². The number of carbonyl (C=O) groups excluding carboxylic acids is 1. The molecule has 0 fully saturated rings. The lowest BCUT2D eigenvalue weighted by Gasteiger charge is -2.07. The van der Waals surface area contributed by atoms with Crippen LogP contribution in [-0.2, 0) is 4.74 Å². The number of benzene rings is 1. The fourth-order valence-electron chi connectivity index (χ4n) is 2.03. The van der Waals surface area contributed by atoms with Crippen molar-refractivity contribution in [2.75, 3.05) is 12.3 Å². The molecule has 0 radical (unpaired) electrons. The first-order chi connectivity index (χ1) is 9.66. The number of esters is 1. The first-order valence-electron chi connectivity index (χ1n) is 7.41. The van der Waals surface area contributed by atoms with E-state index in [9.17, 15) is 9.90 Å². The minimum Gasteiger partial charge on any atom is -0.505 e. The number of hydrogen-bond acceptors (Lipinski definition) is 4. The second-order valence-electron chi connectivity index (χ2n) is 5.00. The van der Waals surface area contributed by atoms with Crippen LogP contribution in [0.25, 0.3) is 0 Å². The Morgan fingerprint density at radius 3 is 2.50 bits per heavy atom. The van der Waals surface area contributed by atoms with Gasteiger partial charge in [-0.1, -0.05) is 51.5 Å². The van der Waals surface area contributed by atoms with E-state index in [1.165, 1.54) is 38.2 Å². The molecule has 3 N–H and O–H groups in total. The zero-order chi connectivity index (χ0) is 14.8. The second-order valence-corrected chi connectivity index (χ2v) is 5.00. The molecule has 0 saturated carbocycles. The summed E-state index contributed by atoms with van der Waals surface area (Å²) in [5.74, 6) is -0.710. The van der Waals surface area contributed by atoms with Gasteiger partial charge >= 0.3 is 5.97 Å². The molecule has 0 amide bonds. The zero-order valence-electron chi connectivity index (χ0n) is 12.2. The number of ether oxygens (including phenoxy) is 1. The topological polar surface area (TPSA) is 72.5 Å². The lowest BCUT2D eigenvalue weighted by atomic mass is 10.1. The van der Waals surface area contributed by atoms with Crippen LogP contribution >= 0.6 is 0 Å². The Bertz CT molecular complexity index is 418. The molecule has 4 heteroatoms. The van der Waals surface area contributed by atoms with Crippen LogP contribution in [0.1, 0.15) is 62.2 Å². The molecule has 0 saturated heterocycles. The van der Waals surface area contributed by atoms with Gasteiger partial charge in [-0.25, -0.2) is 4.79 Å². The van der Waals surface area contributed by atoms with Crippen LogP contribution < -0.4 is 5.73 Å². The van der Waals surface area contributed by atoms with E-state index in [0.717, 1.165) is 12.8 Å². The molecule has 1 rings (SSSR count). The zero-order valence-corrected chi connectivity index (χ0v) is 12.2. The maximum atomic E-state index is 11.8. The summed E-state index contributed by atoms with van der Waals surface area (Å²) in [6.45, 7) is 2.59. The van der Waals surface area contributed by atoms with E-state index in [1.807, 2.05) is 0 Å². The van der Waals surface area contributed by atoms with Crippen molar-refractivity contribution < 1.29 is 14.6 Å². The molecule has 1 aromatic carbocycles. The van der Waals surface area contributed by atoms with Gasteiger partial charge in [-0.05, 0) is 18.6 Å². The van der Waals surface area contributed by atoms with Crippen molar-refractivity contribution in [2.45, 2.75) is 51.9 Å². The fourth-order valence-corrected chi connectivity index (χ4v) is 2.03. The third-order valence-electron chi connectivity index (χ3n) is 3.27. The van der Waals surface area contributed by atoms with Gasteiger partial charge < -0.3 is 15.6 Å². The van der Waals surface area contributed by atoms with E-state index < -0.39 is 5.97 Å². The summed E-state index contributed by atoms with van der Waals surface area (Å²) in [7, 11) is 0. The Kier molecular flexibility index (Phi) is 7.55. The molecule has 0 spiro atoms. The van der Waals surface area contributed by atoms with Crippen molar-refractivity contribution in [3.8, 4) is 5.75 Å². The molecule has 0 aromatic heterocycles. The van der Waals surface area contributed by atoms with Gasteiger partial charge in [0.15, 0.2) is 5.75 Å². The average Bonchev–Trinajstić information content (AvgIpc) is 2.44. The van der Waals surface area contributed by atoms with Gasteiger partial charge in [0.2, 0.25) is 0 Å². The highest BCUT2D eigenvalue weighted by Crippen LogP contribution is 2.24. The van der Waals surface area contributed by atoms with Gasteiger partial charge in [-0.2, -0.15) is 0 Å². The molecule has 0 bridgehead atoms. The Morgan fingerprint density at radius 2 is 1.80 bits per heavy atom. The summed E-state index contributed by atoms with van der Waals surface area (Å²) in [6.07, 6.45) is 8.19. The molecule has 1 aromatic rings. The molecule has 0 aliphatic rings. The lowest BCUT2D eigenvalue weighted by Crippen LogP contribution is -2.07. The highest BCUT2D eigenvalue weighted by molar-refractivity contribution is 5.94. The Labute approximate surface area is 120 Å². The van der Waals surface area contributed by atoms with Gasteiger partial charge in [0.25, 0.3) is 0 Å². The molecule has 20 heavy (non-hydrogen) atoms. The average molecular weight is 279 g/mol. The van der Waals surface area contributed by atoms with E-state index >= 15 is 0 Å². The highest BCUT2D eigenvalue weighted by atomic mass is 16.5. The molecule has 0 heterocycles. The number of rotatable bonds is 9. The number of unbranched alkanes of at least 4 members (excludes halogenated alkanes) is 6. The first kappa shape index (κ1) is 16.3. The van der Waals surface area contributed by atoms with E-state index in [2.05, 4.69) is 6.92 Å². The van der Waals surface area contributed by atoms with Gasteiger partial charge in [-0.3, -0.25) is 0 Å². The predicted octanol–water partition coefficient (Wildman–Crippen LogP) is 3.88. The van der Waals surface area contributed by atoms with Crippen molar-refractivity contribution in [2.24, 2.45) is 0 Å². The third-order valence-corrected chi connectivity index (χ3v) is 3.27. The van der Waals surface area contributed by atoms with Crippen molar-refractivity contribution >= 4 is 11.7 Å². The molecular formula is C16H25NO3. The minimum atomic E-state index is -0.513. The summed E-state index contributed by atoms with van der Waals surface area (Å²) in [5.41, 5.74) is 5.86. The molecule has 0 atom stereocenters. The molecule has 0 aliphatic carbocycles. The van der Waals surface area contributed by atoms with Gasteiger partial charge in [0.05, 0.1) is 12.3 Å². The van der Waals surface area contributed by atoms with Crippen LogP contribution in [0.3, 0.4) is 0 Å². The third kappa shape index (κ3) is 5.51. The number of phenolic OH excluding ortho intramolecular Hbond substituents is 1. The number of nitrogen functional groups attached to an aromatic ring is 1. The number of para-hydroxylation sites is 1. The highest BCUT2D eigenvalue weighted by Gasteiger charge is 2.13. The number of anilines is 1. The molecule has 0 unspecified atom stereocenters. The van der Waals surface area contributed by atoms with Crippen LogP contribution in [0.4, 0.5) is 5.69 Å². The van der Waals surface area contributed by atoms with Crippen LogP contribution in [-0.4, -0.2) is 17.7 Å². The lowest BCUT2D eigenvalue weighted by molar-refractivity contribution is 0.0494. The Morgan fingerprint density at radius 1 is 1.15 bits per heavy atom. The van der Waals surface area contributed by atoms with E-state index in [1.54, 1.807) is 12.1 Å². The van der Waals surface area contributed by atoms with E-state index in [-0.39, 0.29) is 17.0 Å². The number of nitrogens with two attached hydrogens (primary N) is 1. The quantitative estimate of drug-likeness (QED) is 0.311. The minimum absolute atomic E-state index is 0.132. The van der Waals surface area contributed by atoms with Gasteiger partial charge in [0, 0.05) is 0 Å². The largest absolute Gasteiger partial charge is 0.505 e. The second kappa shape index (κ2) is 9.23. The molecule has 112 valence electrons. The standard InChI is InChI=1S/C16H25NO3/c1-2-3-4-5-6-7-8-12-20-16(19)13-10-9-11-14(17)15(13)18/h9-11,18H,2-8,12,17H2,1H3. The normalized spacial score (nSPS) is 10.4. The summed E-state index contributed by atoms with van der Waals surface area (Å²) in [4.78, 5) is 11.8. The van der Waals surface area contributed by atoms with Gasteiger partial charge in [-0.15, -0.1) is 0 Å². The SMILES string of the molecule is CCCCCCCCCOC(=O)c1cccc(N)c1O. The smallest absolute Gasteiger partial charge is 0.341 e. The van der Waals surface area contributed by atoms with Crippen molar-refractivity contribution in [1.29, 1.82) is 0 Å². The number of aromatic hydroxyl groups is 1. The summed E-state index contributed by atoms with van der Waals surface area (Å²) >= 11 is 0. The van der Waals surface area contributed by atoms with Crippen LogP contribution in [0.15, 0.2) is 18.2 Å². The summed E-state index contributed by atoms with van der Waals surface area (Å²) < 4.78 is 5.14. The van der Waals surface area contributed by atoms with Crippen LogP contribution in [0.5, 0.6) is 5.75 Å². The number of phenols is 1. The van der Waals surface area contributed by atoms with E-state index in [0.29, 0.717) is 6.61 Å². The number of hydrogen-bond donors (Lipinski definition) is 2. The molecule has 4 nitrogen and oxygen atoms in total. The predicted molar refractivity (Wildman–Crippen MR) is 80.8 cm³/mol. The maximum Gasteiger partial charge on any atom is 0.341 e. The monoisotopic (exact) mass is 279 g/mol. The fraction of sp³-hybridized carbons (Fsp3) is 0.562. The van der Waals surface area contributed by atoms with Crippen molar-refractivity contribution in [1.82, 2.24) is 0 Å². The summed E-state index contributed by atoms with van der Waals surface area (Å²) in [6, 6.07) is 4.68. The first-order valence-corrected chi connectivity index (χ1v) is 7.41. The van der Waals surface area contributed by atoms with E-state index in [4.69, 9.17) is 10.5 Å².